The Balaban J connectivity index is 1.79. The molecule has 1 aliphatic rings. The third kappa shape index (κ3) is 5.76. The van der Waals surface area contributed by atoms with Gasteiger partial charge in [0.05, 0.1) is 12.6 Å². The Morgan fingerprint density at radius 3 is 2.56 bits per heavy atom. The minimum atomic E-state index is -0.398. The molecule has 2 atom stereocenters. The van der Waals surface area contributed by atoms with Crippen molar-refractivity contribution in [2.75, 3.05) is 32.8 Å². The fraction of sp³-hybridized carbons (Fsp3) is 0.824. The highest BCUT2D eigenvalue weighted by Gasteiger charge is 2.26. The first-order valence-electron chi connectivity index (χ1n) is 9.11. The zero-order chi connectivity index (χ0) is 18.4. The molecule has 0 aromatic carbocycles. The molecule has 0 radical (unpaired) electrons. The highest BCUT2D eigenvalue weighted by molar-refractivity contribution is 5.81. The average Bonchev–Trinajstić information content (AvgIpc) is 3.03. The second-order valence-corrected chi connectivity index (χ2v) is 6.98. The molecule has 2 rings (SSSR count). The van der Waals surface area contributed by atoms with Crippen LogP contribution in [0.25, 0.3) is 0 Å². The van der Waals surface area contributed by atoms with Crippen LogP contribution in [0, 0.1) is 5.92 Å². The largest absolute Gasteiger partial charge is 0.371 e. The minimum absolute atomic E-state index is 0.0546. The number of piperazine rings is 1. The van der Waals surface area contributed by atoms with Crippen molar-refractivity contribution in [3.63, 3.8) is 0 Å². The number of amides is 1. The van der Waals surface area contributed by atoms with Crippen molar-refractivity contribution >= 4 is 5.91 Å². The summed E-state index contributed by atoms with van der Waals surface area (Å²) in [6, 6.07) is -0.398. The van der Waals surface area contributed by atoms with Crippen LogP contribution in [0.2, 0.25) is 0 Å². The summed E-state index contributed by atoms with van der Waals surface area (Å²) in [6.07, 6.45) is 0.557. The van der Waals surface area contributed by atoms with Gasteiger partial charge < -0.3 is 19.9 Å². The second kappa shape index (κ2) is 9.26. The second-order valence-electron chi connectivity index (χ2n) is 6.98. The van der Waals surface area contributed by atoms with Crippen molar-refractivity contribution in [2.24, 2.45) is 11.7 Å². The van der Waals surface area contributed by atoms with E-state index in [2.05, 4.69) is 28.9 Å². The molecule has 1 fully saturated rings. The first-order valence-corrected chi connectivity index (χ1v) is 9.11. The lowest BCUT2D eigenvalue weighted by molar-refractivity contribution is -0.134. The fourth-order valence-corrected chi connectivity index (χ4v) is 2.98. The van der Waals surface area contributed by atoms with Gasteiger partial charge in [0.25, 0.3) is 0 Å². The van der Waals surface area contributed by atoms with E-state index < -0.39 is 6.04 Å². The molecule has 142 valence electrons. The number of carbonyl (C=O) groups is 1. The van der Waals surface area contributed by atoms with Crippen molar-refractivity contribution in [1.82, 2.24) is 19.9 Å². The smallest absolute Gasteiger partial charge is 0.240 e. The van der Waals surface area contributed by atoms with Crippen LogP contribution < -0.4 is 5.73 Å². The summed E-state index contributed by atoms with van der Waals surface area (Å²) < 4.78 is 10.8. The predicted molar refractivity (Wildman–Crippen MR) is 93.6 cm³/mol. The number of nitrogens with zero attached hydrogens (tertiary/aromatic N) is 4. The molecular formula is C17H31N5O3. The summed E-state index contributed by atoms with van der Waals surface area (Å²) in [5.41, 5.74) is 6.01. The lowest BCUT2D eigenvalue weighted by Crippen LogP contribution is -2.53. The number of hydrogen-bond donors (Lipinski definition) is 1. The van der Waals surface area contributed by atoms with Crippen LogP contribution in [0.4, 0.5) is 0 Å². The Morgan fingerprint density at radius 1 is 1.28 bits per heavy atom. The molecule has 25 heavy (non-hydrogen) atoms. The van der Waals surface area contributed by atoms with E-state index in [1.54, 1.807) is 0 Å². The van der Waals surface area contributed by atoms with E-state index in [0.717, 1.165) is 19.5 Å². The fourth-order valence-electron chi connectivity index (χ4n) is 2.98. The molecule has 0 saturated carbocycles. The zero-order valence-electron chi connectivity index (χ0n) is 15.8. The molecule has 2 heterocycles. The Kier molecular flexibility index (Phi) is 7.34. The quantitative estimate of drug-likeness (QED) is 0.749. The molecule has 1 aliphatic heterocycles. The monoisotopic (exact) mass is 353 g/mol. The molecule has 0 spiro atoms. The summed E-state index contributed by atoms with van der Waals surface area (Å²) in [4.78, 5) is 20.8. The van der Waals surface area contributed by atoms with E-state index in [9.17, 15) is 4.79 Å². The highest BCUT2D eigenvalue weighted by atomic mass is 16.5. The predicted octanol–water partition coefficient (Wildman–Crippen LogP) is 1.18. The van der Waals surface area contributed by atoms with Gasteiger partial charge in [-0.2, -0.15) is 4.98 Å². The topological polar surface area (TPSA) is 97.7 Å². The van der Waals surface area contributed by atoms with E-state index in [1.165, 1.54) is 0 Å². The number of rotatable bonds is 8. The number of aromatic nitrogens is 2. The van der Waals surface area contributed by atoms with E-state index in [4.69, 9.17) is 15.0 Å². The van der Waals surface area contributed by atoms with Crippen LogP contribution in [-0.2, 0) is 16.1 Å². The van der Waals surface area contributed by atoms with Crippen LogP contribution in [0.1, 0.15) is 51.9 Å². The van der Waals surface area contributed by atoms with E-state index in [-0.39, 0.29) is 12.0 Å². The van der Waals surface area contributed by atoms with Crippen molar-refractivity contribution in [1.29, 1.82) is 0 Å². The van der Waals surface area contributed by atoms with E-state index >= 15 is 0 Å². The lowest BCUT2D eigenvalue weighted by atomic mass is 10.0. The molecule has 1 aromatic rings. The highest BCUT2D eigenvalue weighted by Crippen LogP contribution is 2.15. The van der Waals surface area contributed by atoms with Crippen molar-refractivity contribution in [3.8, 4) is 0 Å². The summed E-state index contributed by atoms with van der Waals surface area (Å²) in [5.74, 6) is 1.63. The summed E-state index contributed by atoms with van der Waals surface area (Å²) in [5, 5.41) is 3.98. The van der Waals surface area contributed by atoms with Crippen molar-refractivity contribution < 1.29 is 14.1 Å². The molecule has 1 aromatic heterocycles. The number of ether oxygens (including phenoxy) is 1. The van der Waals surface area contributed by atoms with Crippen LogP contribution in [-0.4, -0.2) is 64.7 Å². The molecule has 1 saturated heterocycles. The first-order chi connectivity index (χ1) is 11.9. The Morgan fingerprint density at radius 2 is 1.96 bits per heavy atom. The molecular weight excluding hydrogens is 322 g/mol. The number of nitrogens with two attached hydrogens (primary N) is 1. The molecule has 8 heteroatoms. The molecule has 2 N–H and O–H groups in total. The molecule has 1 unspecified atom stereocenters. The van der Waals surface area contributed by atoms with Crippen molar-refractivity contribution in [3.05, 3.63) is 11.7 Å². The SMILES string of the molecule is CCOC(C)c1noc(CN2CCN(C(=O)[C@@H](N)CC(C)C)CC2)n1. The summed E-state index contributed by atoms with van der Waals surface area (Å²) >= 11 is 0. The third-order valence-electron chi connectivity index (χ3n) is 4.35. The van der Waals surface area contributed by atoms with Gasteiger partial charge >= 0.3 is 0 Å². The number of hydrogen-bond acceptors (Lipinski definition) is 7. The lowest BCUT2D eigenvalue weighted by Gasteiger charge is -2.35. The normalized spacial score (nSPS) is 18.6. The molecule has 0 bridgehead atoms. The first kappa shape index (κ1) is 19.8. The standard InChI is InChI=1S/C17H31N5O3/c1-5-24-13(4)16-19-15(25-20-16)11-21-6-8-22(9-7-21)17(23)14(18)10-12(2)3/h12-14H,5-11,18H2,1-4H3/t13?,14-/m0/s1. The average molecular weight is 353 g/mol. The van der Waals surface area contributed by atoms with Gasteiger partial charge in [-0.1, -0.05) is 19.0 Å². The Labute approximate surface area is 149 Å². The summed E-state index contributed by atoms with van der Waals surface area (Å²) in [6.45, 7) is 12.1. The van der Waals surface area contributed by atoms with Gasteiger partial charge in [-0.25, -0.2) is 0 Å². The van der Waals surface area contributed by atoms with E-state index in [0.29, 0.717) is 43.9 Å². The Hall–Kier alpha value is -1.51. The van der Waals surface area contributed by atoms with Gasteiger partial charge in [0.2, 0.25) is 11.8 Å². The summed E-state index contributed by atoms with van der Waals surface area (Å²) in [7, 11) is 0. The minimum Gasteiger partial charge on any atom is -0.371 e. The van der Waals surface area contributed by atoms with Crippen LogP contribution in [0.15, 0.2) is 4.52 Å². The van der Waals surface area contributed by atoms with Crippen molar-refractivity contribution in [2.45, 2.75) is 52.8 Å². The van der Waals surface area contributed by atoms with Crippen LogP contribution in [0.5, 0.6) is 0 Å². The molecule has 0 aliphatic carbocycles. The van der Waals surface area contributed by atoms with E-state index in [1.807, 2.05) is 18.7 Å². The molecule has 1 amide bonds. The van der Waals surface area contributed by atoms with Gasteiger partial charge in [-0.3, -0.25) is 9.69 Å². The zero-order valence-corrected chi connectivity index (χ0v) is 15.8. The molecule has 8 nitrogen and oxygen atoms in total. The van der Waals surface area contributed by atoms with Gasteiger partial charge in [-0.15, -0.1) is 0 Å². The van der Waals surface area contributed by atoms with Crippen LogP contribution >= 0.6 is 0 Å². The Bertz CT molecular complexity index is 540. The third-order valence-corrected chi connectivity index (χ3v) is 4.35. The van der Waals surface area contributed by atoms with Gasteiger partial charge in [-0.05, 0) is 26.2 Å². The maximum Gasteiger partial charge on any atom is 0.240 e. The maximum absolute atomic E-state index is 12.4. The maximum atomic E-state index is 12.4. The van der Waals surface area contributed by atoms with Crippen LogP contribution in [0.3, 0.4) is 0 Å². The van der Waals surface area contributed by atoms with Gasteiger partial charge in [0.15, 0.2) is 5.82 Å². The van der Waals surface area contributed by atoms with Gasteiger partial charge in [0, 0.05) is 32.8 Å². The van der Waals surface area contributed by atoms with Gasteiger partial charge in [0.1, 0.15) is 6.10 Å². The number of carbonyl (C=O) groups excluding carboxylic acids is 1.